The van der Waals surface area contributed by atoms with Crippen molar-refractivity contribution in [2.24, 2.45) is 5.84 Å². The Labute approximate surface area is 122 Å². The number of carbonyl (C=O) groups excluding carboxylic acids is 1. The van der Waals surface area contributed by atoms with Crippen LogP contribution in [0.1, 0.15) is 19.8 Å². The number of anilines is 2. The predicted octanol–water partition coefficient (Wildman–Crippen LogP) is 0.985. The lowest BCUT2D eigenvalue weighted by molar-refractivity contribution is -0.384. The molecule has 4 N–H and O–H groups in total. The first-order valence-corrected chi connectivity index (χ1v) is 6.77. The number of nitrogens with two attached hydrogens (primary N) is 1. The van der Waals surface area contributed by atoms with Crippen LogP contribution in [0, 0.1) is 10.1 Å². The van der Waals surface area contributed by atoms with Gasteiger partial charge in [-0.25, -0.2) is 0 Å². The SMILES string of the molecule is CC(=O)NC1CCN(c2cc(NN)cc([N+](=O)[O-])c2)CC1. The molecule has 21 heavy (non-hydrogen) atoms. The third kappa shape index (κ3) is 3.82. The van der Waals surface area contributed by atoms with Gasteiger partial charge in [-0.2, -0.15) is 0 Å². The van der Waals surface area contributed by atoms with E-state index in [9.17, 15) is 14.9 Å². The summed E-state index contributed by atoms with van der Waals surface area (Å²) in [6, 6.07) is 4.89. The summed E-state index contributed by atoms with van der Waals surface area (Å²) >= 11 is 0. The van der Waals surface area contributed by atoms with E-state index in [1.54, 1.807) is 12.1 Å². The number of benzene rings is 1. The maximum absolute atomic E-state index is 11.0. The minimum Gasteiger partial charge on any atom is -0.371 e. The highest BCUT2D eigenvalue weighted by Gasteiger charge is 2.21. The molecule has 1 heterocycles. The van der Waals surface area contributed by atoms with Crippen molar-refractivity contribution in [1.82, 2.24) is 5.32 Å². The van der Waals surface area contributed by atoms with Crippen LogP contribution in [0.3, 0.4) is 0 Å². The molecule has 1 saturated heterocycles. The summed E-state index contributed by atoms with van der Waals surface area (Å²) in [5, 5.41) is 13.8. The minimum atomic E-state index is -0.436. The lowest BCUT2D eigenvalue weighted by Gasteiger charge is -2.33. The van der Waals surface area contributed by atoms with E-state index in [4.69, 9.17) is 5.84 Å². The van der Waals surface area contributed by atoms with E-state index in [0.29, 0.717) is 5.69 Å². The summed E-state index contributed by atoms with van der Waals surface area (Å²) < 4.78 is 0. The second-order valence-electron chi connectivity index (χ2n) is 5.10. The molecule has 0 unspecified atom stereocenters. The average molecular weight is 293 g/mol. The van der Waals surface area contributed by atoms with Crippen molar-refractivity contribution in [3.05, 3.63) is 28.3 Å². The van der Waals surface area contributed by atoms with Crippen molar-refractivity contribution < 1.29 is 9.72 Å². The number of hydrazine groups is 1. The van der Waals surface area contributed by atoms with Crippen molar-refractivity contribution in [3.63, 3.8) is 0 Å². The third-order valence-electron chi connectivity index (χ3n) is 3.55. The van der Waals surface area contributed by atoms with E-state index in [1.807, 2.05) is 0 Å². The molecule has 1 amide bonds. The highest BCUT2D eigenvalue weighted by atomic mass is 16.6. The van der Waals surface area contributed by atoms with E-state index < -0.39 is 4.92 Å². The van der Waals surface area contributed by atoms with E-state index in [0.717, 1.165) is 31.6 Å². The zero-order valence-corrected chi connectivity index (χ0v) is 11.8. The topological polar surface area (TPSA) is 114 Å². The van der Waals surface area contributed by atoms with E-state index in [2.05, 4.69) is 15.6 Å². The van der Waals surface area contributed by atoms with Crippen molar-refractivity contribution in [3.8, 4) is 0 Å². The first-order chi connectivity index (χ1) is 9.99. The monoisotopic (exact) mass is 293 g/mol. The number of carbonyl (C=O) groups is 1. The summed E-state index contributed by atoms with van der Waals surface area (Å²) in [5.74, 6) is 5.33. The highest BCUT2D eigenvalue weighted by molar-refractivity contribution is 5.73. The number of nitrogens with zero attached hydrogens (tertiary/aromatic N) is 2. The van der Waals surface area contributed by atoms with Crippen LogP contribution in [0.15, 0.2) is 18.2 Å². The molecule has 0 aliphatic carbocycles. The zero-order valence-electron chi connectivity index (χ0n) is 11.8. The zero-order chi connectivity index (χ0) is 15.4. The van der Waals surface area contributed by atoms with Crippen LogP contribution in [0.4, 0.5) is 17.1 Å². The van der Waals surface area contributed by atoms with Gasteiger partial charge in [-0.1, -0.05) is 0 Å². The van der Waals surface area contributed by atoms with Crippen molar-refractivity contribution >= 4 is 23.0 Å². The Hall–Kier alpha value is -2.35. The lowest BCUT2D eigenvalue weighted by Crippen LogP contribution is -2.44. The molecule has 1 fully saturated rings. The number of nitro groups is 1. The third-order valence-corrected chi connectivity index (χ3v) is 3.55. The lowest BCUT2D eigenvalue weighted by atomic mass is 10.0. The molecule has 8 nitrogen and oxygen atoms in total. The van der Waals surface area contributed by atoms with Gasteiger partial charge in [-0.15, -0.1) is 0 Å². The molecular weight excluding hydrogens is 274 g/mol. The van der Waals surface area contributed by atoms with Crippen molar-refractivity contribution in [2.45, 2.75) is 25.8 Å². The fraction of sp³-hybridized carbons (Fsp3) is 0.462. The van der Waals surface area contributed by atoms with Gasteiger partial charge < -0.3 is 15.6 Å². The second-order valence-corrected chi connectivity index (χ2v) is 5.10. The first kappa shape index (κ1) is 15.0. The van der Waals surface area contributed by atoms with Crippen LogP contribution in [0.25, 0.3) is 0 Å². The van der Waals surface area contributed by atoms with Gasteiger partial charge in [0.15, 0.2) is 0 Å². The molecule has 0 saturated carbocycles. The summed E-state index contributed by atoms with van der Waals surface area (Å²) in [6.45, 7) is 2.97. The molecule has 0 spiro atoms. The predicted molar refractivity (Wildman–Crippen MR) is 80.0 cm³/mol. The van der Waals surface area contributed by atoms with Gasteiger partial charge in [-0.05, 0) is 18.9 Å². The number of nitrogen functional groups attached to an aromatic ring is 1. The fourth-order valence-corrected chi connectivity index (χ4v) is 2.54. The second kappa shape index (κ2) is 6.40. The molecule has 1 aromatic carbocycles. The van der Waals surface area contributed by atoms with Crippen LogP contribution >= 0.6 is 0 Å². The number of hydrogen-bond acceptors (Lipinski definition) is 6. The van der Waals surface area contributed by atoms with E-state index >= 15 is 0 Å². The summed E-state index contributed by atoms with van der Waals surface area (Å²) in [5.41, 5.74) is 3.72. The Morgan fingerprint density at radius 1 is 1.38 bits per heavy atom. The van der Waals surface area contributed by atoms with Gasteiger partial charge in [0.1, 0.15) is 0 Å². The number of amides is 1. The summed E-state index contributed by atoms with van der Waals surface area (Å²) in [7, 11) is 0. The van der Waals surface area contributed by atoms with Crippen LogP contribution in [0.2, 0.25) is 0 Å². The average Bonchev–Trinajstić information content (AvgIpc) is 2.46. The van der Waals surface area contributed by atoms with Gasteiger partial charge >= 0.3 is 0 Å². The number of piperidine rings is 1. The molecule has 0 aromatic heterocycles. The number of nitro benzene ring substituents is 1. The normalized spacial score (nSPS) is 15.6. The minimum absolute atomic E-state index is 0.00411. The Bertz CT molecular complexity index is 541. The summed E-state index contributed by atoms with van der Waals surface area (Å²) in [6.07, 6.45) is 1.63. The molecule has 1 aromatic rings. The highest BCUT2D eigenvalue weighted by Crippen LogP contribution is 2.28. The number of nitrogens with one attached hydrogen (secondary N) is 2. The quantitative estimate of drug-likeness (QED) is 0.433. The van der Waals surface area contributed by atoms with Gasteiger partial charge in [0.2, 0.25) is 5.91 Å². The van der Waals surface area contributed by atoms with Crippen LogP contribution in [-0.2, 0) is 4.79 Å². The Kier molecular flexibility index (Phi) is 4.59. The van der Waals surface area contributed by atoms with Crippen molar-refractivity contribution in [1.29, 1.82) is 0 Å². The fourth-order valence-electron chi connectivity index (χ4n) is 2.54. The molecule has 0 bridgehead atoms. The largest absolute Gasteiger partial charge is 0.371 e. The molecule has 114 valence electrons. The van der Waals surface area contributed by atoms with Crippen molar-refractivity contribution in [2.75, 3.05) is 23.4 Å². The maximum atomic E-state index is 11.0. The maximum Gasteiger partial charge on any atom is 0.273 e. The van der Waals surface area contributed by atoms with Crippen LogP contribution in [-0.4, -0.2) is 30.0 Å². The van der Waals surface area contributed by atoms with Gasteiger partial charge in [-0.3, -0.25) is 20.8 Å². The standard InChI is InChI=1S/C13H19N5O3/c1-9(19)15-10-2-4-17(5-3-10)12-6-11(16-14)7-13(8-12)18(20)21/h6-8,10,16H,2-5,14H2,1H3,(H,15,19). The summed E-state index contributed by atoms with van der Waals surface area (Å²) in [4.78, 5) is 23.6. The number of non-ortho nitro benzene ring substituents is 1. The number of hydrogen-bond donors (Lipinski definition) is 3. The molecule has 2 rings (SSSR count). The molecule has 0 atom stereocenters. The van der Waals surface area contributed by atoms with Gasteiger partial charge in [0.05, 0.1) is 10.6 Å². The van der Waals surface area contributed by atoms with Crippen LogP contribution < -0.4 is 21.5 Å². The van der Waals surface area contributed by atoms with E-state index in [-0.39, 0.29) is 17.6 Å². The van der Waals surface area contributed by atoms with Crippen LogP contribution in [0.5, 0.6) is 0 Å². The number of rotatable bonds is 4. The molecular formula is C13H19N5O3. The molecule has 8 heteroatoms. The Morgan fingerprint density at radius 2 is 2.05 bits per heavy atom. The Balaban J connectivity index is 2.10. The smallest absolute Gasteiger partial charge is 0.273 e. The molecule has 1 aliphatic rings. The van der Waals surface area contributed by atoms with E-state index in [1.165, 1.54) is 13.0 Å². The van der Waals surface area contributed by atoms with Gasteiger partial charge in [0, 0.05) is 43.9 Å². The first-order valence-electron chi connectivity index (χ1n) is 6.77. The molecule has 1 aliphatic heterocycles. The van der Waals surface area contributed by atoms with Gasteiger partial charge in [0.25, 0.3) is 5.69 Å². The molecule has 0 radical (unpaired) electrons. The Morgan fingerprint density at radius 3 is 2.57 bits per heavy atom.